The first-order valence-corrected chi connectivity index (χ1v) is 11.2. The van der Waals surface area contributed by atoms with E-state index in [9.17, 15) is 14.0 Å². The molecule has 168 valence electrons. The average molecular weight is 439 g/mol. The van der Waals surface area contributed by atoms with E-state index in [4.69, 9.17) is 4.74 Å². The zero-order valence-corrected chi connectivity index (χ0v) is 18.1. The molecule has 1 aromatic heterocycles. The highest BCUT2D eigenvalue weighted by molar-refractivity contribution is 6.36. The number of morpholine rings is 1. The number of hydrogen-bond donors (Lipinski definition) is 3. The van der Waals surface area contributed by atoms with Crippen LogP contribution in [0.25, 0.3) is 11.1 Å². The van der Waals surface area contributed by atoms with Crippen molar-refractivity contribution in [1.29, 1.82) is 0 Å². The molecule has 1 saturated heterocycles. The summed E-state index contributed by atoms with van der Waals surface area (Å²) in [5.41, 5.74) is 5.78. The second-order valence-corrected chi connectivity index (χ2v) is 8.54. The lowest BCUT2D eigenvalue weighted by atomic mass is 9.86. The van der Waals surface area contributed by atoms with Gasteiger partial charge in [-0.3, -0.25) is 14.5 Å². The van der Waals surface area contributed by atoms with Gasteiger partial charge in [0, 0.05) is 48.8 Å². The van der Waals surface area contributed by atoms with Gasteiger partial charge in [-0.25, -0.2) is 4.39 Å². The number of carbonyl (C=O) groups excluding carboxylic acids is 2. The minimum Gasteiger partial charge on any atom is -0.379 e. The van der Waals surface area contributed by atoms with Crippen molar-refractivity contribution in [3.8, 4) is 0 Å². The Morgan fingerprint density at radius 2 is 2.06 bits per heavy atom. The summed E-state index contributed by atoms with van der Waals surface area (Å²) < 4.78 is 19.3. The van der Waals surface area contributed by atoms with Crippen LogP contribution in [0.1, 0.15) is 45.7 Å². The second kappa shape index (κ2) is 8.52. The number of halogens is 1. The van der Waals surface area contributed by atoms with E-state index in [1.54, 1.807) is 6.07 Å². The molecule has 2 amide bonds. The Bertz CT molecular complexity index is 1110. The second-order valence-electron chi connectivity index (χ2n) is 8.54. The van der Waals surface area contributed by atoms with E-state index in [0.717, 1.165) is 68.2 Å². The van der Waals surface area contributed by atoms with Crippen LogP contribution in [0.15, 0.2) is 18.2 Å². The van der Waals surface area contributed by atoms with E-state index < -0.39 is 0 Å². The molecule has 0 bridgehead atoms. The number of aryl methyl sites for hydroxylation is 1. The van der Waals surface area contributed by atoms with Crippen molar-refractivity contribution < 1.29 is 18.7 Å². The highest BCUT2D eigenvalue weighted by Crippen LogP contribution is 2.43. The van der Waals surface area contributed by atoms with Gasteiger partial charge in [0.15, 0.2) is 0 Å². The quantitative estimate of drug-likeness (QED) is 0.641. The first-order valence-electron chi connectivity index (χ1n) is 11.2. The summed E-state index contributed by atoms with van der Waals surface area (Å²) in [4.78, 5) is 31.5. The zero-order chi connectivity index (χ0) is 22.2. The Hall–Kier alpha value is -2.97. The third-order valence-electron chi connectivity index (χ3n) is 6.52. The number of nitrogens with one attached hydrogen (secondary N) is 3. The van der Waals surface area contributed by atoms with Crippen molar-refractivity contribution in [3.63, 3.8) is 0 Å². The largest absolute Gasteiger partial charge is 0.379 e. The van der Waals surface area contributed by atoms with E-state index in [2.05, 4.69) is 20.5 Å². The fraction of sp³-hybridized carbons (Fsp3) is 0.417. The number of fused-ring (bicyclic) bond motifs is 2. The average Bonchev–Trinajstić information content (AvgIpc) is 3.29. The van der Waals surface area contributed by atoms with Crippen molar-refractivity contribution in [3.05, 3.63) is 52.1 Å². The van der Waals surface area contributed by atoms with Gasteiger partial charge in [0.1, 0.15) is 5.82 Å². The molecule has 1 aromatic carbocycles. The summed E-state index contributed by atoms with van der Waals surface area (Å²) in [6.45, 7) is 6.48. The van der Waals surface area contributed by atoms with Crippen LogP contribution >= 0.6 is 0 Å². The molecule has 8 heteroatoms. The number of aromatic nitrogens is 1. The van der Waals surface area contributed by atoms with Gasteiger partial charge in [-0.2, -0.15) is 0 Å². The summed E-state index contributed by atoms with van der Waals surface area (Å²) in [5, 5.41) is 5.89. The predicted octanol–water partition coefficient (Wildman–Crippen LogP) is 2.72. The van der Waals surface area contributed by atoms with Crippen LogP contribution in [0.5, 0.6) is 0 Å². The zero-order valence-electron chi connectivity index (χ0n) is 18.1. The molecule has 0 radical (unpaired) electrons. The molecule has 2 aliphatic heterocycles. The standard InChI is InChI=1S/C24H27FN4O3/c1-14-20(23(30)26-7-8-29-9-11-32-12-10-29)16-3-2-4-17(22(16)27-14)21-18-13-15(25)5-6-19(18)28-24(21)31/h5-6,13,27H,2-4,7-12H2,1H3,(H,26,30)(H,28,31)/b21-17-. The highest BCUT2D eigenvalue weighted by atomic mass is 19.1. The van der Waals surface area contributed by atoms with Crippen LogP contribution in [-0.4, -0.2) is 61.1 Å². The molecular weight excluding hydrogens is 411 g/mol. The van der Waals surface area contributed by atoms with Crippen molar-refractivity contribution in [1.82, 2.24) is 15.2 Å². The summed E-state index contributed by atoms with van der Waals surface area (Å²) in [7, 11) is 0. The van der Waals surface area contributed by atoms with E-state index in [0.29, 0.717) is 35.4 Å². The molecule has 0 atom stereocenters. The molecule has 1 aliphatic carbocycles. The first-order chi connectivity index (χ1) is 15.5. The topological polar surface area (TPSA) is 86.5 Å². The Kier molecular flexibility index (Phi) is 5.57. The smallest absolute Gasteiger partial charge is 0.256 e. The van der Waals surface area contributed by atoms with Gasteiger partial charge < -0.3 is 20.4 Å². The minimum absolute atomic E-state index is 0.0955. The number of H-pyrrole nitrogens is 1. The third kappa shape index (κ3) is 3.73. The fourth-order valence-electron chi connectivity index (χ4n) is 4.99. The molecule has 2 aromatic rings. The molecule has 1 fully saturated rings. The Morgan fingerprint density at radius 3 is 2.88 bits per heavy atom. The number of benzene rings is 1. The number of amides is 2. The van der Waals surface area contributed by atoms with E-state index >= 15 is 0 Å². The normalized spacial score (nSPS) is 20.6. The van der Waals surface area contributed by atoms with Crippen LogP contribution in [0.2, 0.25) is 0 Å². The summed E-state index contributed by atoms with van der Waals surface area (Å²) in [6.07, 6.45) is 2.29. The van der Waals surface area contributed by atoms with Crippen LogP contribution in [0, 0.1) is 12.7 Å². The van der Waals surface area contributed by atoms with Gasteiger partial charge in [0.2, 0.25) is 0 Å². The maximum atomic E-state index is 13.9. The third-order valence-corrected chi connectivity index (χ3v) is 6.52. The number of rotatable bonds is 4. The van der Waals surface area contributed by atoms with Crippen LogP contribution in [-0.2, 0) is 16.0 Å². The van der Waals surface area contributed by atoms with Gasteiger partial charge in [0.25, 0.3) is 11.8 Å². The molecule has 0 unspecified atom stereocenters. The minimum atomic E-state index is -0.377. The predicted molar refractivity (Wildman–Crippen MR) is 120 cm³/mol. The molecule has 0 spiro atoms. The van der Waals surface area contributed by atoms with Gasteiger partial charge in [-0.1, -0.05) is 0 Å². The maximum Gasteiger partial charge on any atom is 0.256 e. The van der Waals surface area contributed by atoms with Crippen molar-refractivity contribution in [2.45, 2.75) is 26.2 Å². The highest BCUT2D eigenvalue weighted by Gasteiger charge is 2.33. The lowest BCUT2D eigenvalue weighted by molar-refractivity contribution is -0.110. The molecule has 0 saturated carbocycles. The number of carbonyl (C=O) groups is 2. The Labute approximate surface area is 186 Å². The van der Waals surface area contributed by atoms with Crippen molar-refractivity contribution in [2.75, 3.05) is 44.7 Å². The van der Waals surface area contributed by atoms with Crippen molar-refractivity contribution >= 4 is 28.6 Å². The van der Waals surface area contributed by atoms with Gasteiger partial charge in [-0.05, 0) is 55.5 Å². The van der Waals surface area contributed by atoms with E-state index in [-0.39, 0.29) is 17.6 Å². The van der Waals surface area contributed by atoms with Crippen LogP contribution < -0.4 is 10.6 Å². The van der Waals surface area contributed by atoms with Gasteiger partial charge >= 0.3 is 0 Å². The lowest BCUT2D eigenvalue weighted by Gasteiger charge is -2.26. The van der Waals surface area contributed by atoms with Gasteiger partial charge in [-0.15, -0.1) is 0 Å². The molecule has 32 heavy (non-hydrogen) atoms. The Balaban J connectivity index is 1.43. The Morgan fingerprint density at radius 1 is 1.25 bits per heavy atom. The number of ether oxygens (including phenoxy) is 1. The molecule has 3 N–H and O–H groups in total. The number of aromatic amines is 1. The van der Waals surface area contributed by atoms with Crippen LogP contribution in [0.3, 0.4) is 0 Å². The van der Waals surface area contributed by atoms with E-state index in [1.165, 1.54) is 12.1 Å². The monoisotopic (exact) mass is 438 g/mol. The van der Waals surface area contributed by atoms with Crippen LogP contribution in [0.4, 0.5) is 10.1 Å². The molecule has 3 heterocycles. The number of hydrogen-bond acceptors (Lipinski definition) is 4. The fourth-order valence-corrected chi connectivity index (χ4v) is 4.99. The SMILES string of the molecule is Cc1[nH]c2c(c1C(=O)NCCN1CCOCC1)CCC/C2=C1/C(=O)Nc2ccc(F)cc21. The summed E-state index contributed by atoms with van der Waals surface area (Å²) >= 11 is 0. The molecule has 3 aliphatic rings. The lowest BCUT2D eigenvalue weighted by Crippen LogP contribution is -2.41. The number of nitrogens with zero attached hydrogens (tertiary/aromatic N) is 1. The molecular formula is C24H27FN4O3. The molecule has 5 rings (SSSR count). The maximum absolute atomic E-state index is 13.9. The summed E-state index contributed by atoms with van der Waals surface area (Å²) in [5.74, 6) is -0.698. The first kappa shape index (κ1) is 20.9. The number of anilines is 1. The van der Waals surface area contributed by atoms with Gasteiger partial charge in [0.05, 0.1) is 24.4 Å². The van der Waals surface area contributed by atoms with E-state index in [1.807, 2.05) is 6.92 Å². The van der Waals surface area contributed by atoms with Crippen molar-refractivity contribution in [2.24, 2.45) is 0 Å². The summed E-state index contributed by atoms with van der Waals surface area (Å²) in [6, 6.07) is 4.34. The molecule has 7 nitrogen and oxygen atoms in total. The number of allylic oxidation sites excluding steroid dienone is 1.